The van der Waals surface area contributed by atoms with E-state index < -0.39 is 0 Å². The number of halogens is 1. The van der Waals surface area contributed by atoms with Gasteiger partial charge in [-0.25, -0.2) is 4.98 Å². The Morgan fingerprint density at radius 2 is 1.76 bits per heavy atom. The van der Waals surface area contributed by atoms with E-state index in [4.69, 9.17) is 16.3 Å². The fourth-order valence-electron chi connectivity index (χ4n) is 3.12. The van der Waals surface area contributed by atoms with Crippen LogP contribution in [0.1, 0.15) is 6.42 Å². The zero-order valence-corrected chi connectivity index (χ0v) is 16.5. The fourth-order valence-corrected chi connectivity index (χ4v) is 3.36. The van der Waals surface area contributed by atoms with E-state index in [1.807, 2.05) is 66.7 Å². The van der Waals surface area contributed by atoms with Crippen molar-refractivity contribution in [2.45, 2.75) is 6.42 Å². The summed E-state index contributed by atoms with van der Waals surface area (Å²) in [5.74, 6) is 2.15. The van der Waals surface area contributed by atoms with Crippen molar-refractivity contribution in [1.82, 2.24) is 4.98 Å². The van der Waals surface area contributed by atoms with E-state index in [1.54, 1.807) is 12.3 Å². The topological polar surface area (TPSA) is 54.5 Å². The van der Waals surface area contributed by atoms with Crippen molar-refractivity contribution in [3.05, 3.63) is 89.6 Å². The van der Waals surface area contributed by atoms with Gasteiger partial charge in [-0.2, -0.15) is 0 Å². The zero-order chi connectivity index (χ0) is 20.1. The Morgan fingerprint density at radius 3 is 2.45 bits per heavy atom. The van der Waals surface area contributed by atoms with Crippen LogP contribution in [-0.4, -0.2) is 24.0 Å². The van der Waals surface area contributed by atoms with Gasteiger partial charge in [-0.05, 0) is 55.0 Å². The Balaban J connectivity index is 1.35. The number of aromatic nitrogens is 1. The Hall–Kier alpha value is -3.31. The molecule has 0 aliphatic carbocycles. The summed E-state index contributed by atoms with van der Waals surface area (Å²) < 4.78 is 5.77. The van der Waals surface area contributed by atoms with Gasteiger partial charge in [0.25, 0.3) is 5.91 Å². The van der Waals surface area contributed by atoms with Crippen molar-refractivity contribution in [3.8, 4) is 11.5 Å². The number of benzene rings is 2. The first kappa shape index (κ1) is 19.0. The van der Waals surface area contributed by atoms with Crippen molar-refractivity contribution in [3.63, 3.8) is 0 Å². The molecule has 2 aromatic carbocycles. The van der Waals surface area contributed by atoms with Gasteiger partial charge < -0.3 is 15.0 Å². The molecule has 0 saturated heterocycles. The second-order valence-corrected chi connectivity index (χ2v) is 7.04. The molecule has 1 aromatic heterocycles. The third kappa shape index (κ3) is 4.76. The van der Waals surface area contributed by atoms with Crippen LogP contribution in [-0.2, 0) is 4.79 Å². The van der Waals surface area contributed by atoms with Gasteiger partial charge in [0.2, 0.25) is 0 Å². The smallest absolute Gasteiger partial charge is 0.251 e. The predicted octanol–water partition coefficient (Wildman–Crippen LogP) is 5.30. The van der Waals surface area contributed by atoms with Crippen LogP contribution in [0.15, 0.2) is 84.6 Å². The Morgan fingerprint density at radius 1 is 1.00 bits per heavy atom. The molecule has 0 saturated carbocycles. The summed E-state index contributed by atoms with van der Waals surface area (Å²) in [7, 11) is 0. The molecule has 5 nitrogen and oxygen atoms in total. The van der Waals surface area contributed by atoms with Gasteiger partial charge in [0.05, 0.1) is 5.02 Å². The molecule has 146 valence electrons. The lowest BCUT2D eigenvalue weighted by molar-refractivity contribution is -0.113. The summed E-state index contributed by atoms with van der Waals surface area (Å²) in [4.78, 5) is 19.0. The van der Waals surface area contributed by atoms with Crippen LogP contribution in [0, 0.1) is 0 Å². The number of hydrogen-bond acceptors (Lipinski definition) is 4. The first-order valence-electron chi connectivity index (χ1n) is 9.38. The Kier molecular flexibility index (Phi) is 5.77. The van der Waals surface area contributed by atoms with E-state index >= 15 is 0 Å². The molecule has 1 aliphatic heterocycles. The summed E-state index contributed by atoms with van der Waals surface area (Å²) in [6.07, 6.45) is 4.28. The molecule has 29 heavy (non-hydrogen) atoms. The van der Waals surface area contributed by atoms with Crippen molar-refractivity contribution in [2.24, 2.45) is 0 Å². The summed E-state index contributed by atoms with van der Waals surface area (Å²) in [5, 5.41) is 3.56. The van der Waals surface area contributed by atoms with Gasteiger partial charge in [0, 0.05) is 30.5 Å². The highest BCUT2D eigenvalue weighted by Gasteiger charge is 2.19. The molecule has 0 radical (unpaired) electrons. The van der Waals surface area contributed by atoms with Gasteiger partial charge in [-0.15, -0.1) is 0 Å². The van der Waals surface area contributed by atoms with Crippen LogP contribution >= 0.6 is 11.6 Å². The number of nitrogens with one attached hydrogen (secondary N) is 1. The summed E-state index contributed by atoms with van der Waals surface area (Å²) in [6.45, 7) is 1.29. The molecule has 0 atom stereocenters. The minimum atomic E-state index is -0.0894. The fraction of sp³-hybridized carbons (Fsp3) is 0.130. The zero-order valence-electron chi connectivity index (χ0n) is 15.7. The van der Waals surface area contributed by atoms with Crippen molar-refractivity contribution < 1.29 is 9.53 Å². The van der Waals surface area contributed by atoms with E-state index in [9.17, 15) is 4.79 Å². The summed E-state index contributed by atoms with van der Waals surface area (Å²) in [6, 6.07) is 20.5. The van der Waals surface area contributed by atoms with E-state index in [2.05, 4.69) is 15.2 Å². The van der Waals surface area contributed by atoms with Crippen LogP contribution < -0.4 is 15.0 Å². The molecular formula is C23H20ClN3O2. The lowest BCUT2D eigenvalue weighted by Crippen LogP contribution is -2.32. The number of hydrogen-bond donors (Lipinski definition) is 1. The molecule has 6 heteroatoms. The molecule has 1 N–H and O–H groups in total. The molecule has 2 heterocycles. The monoisotopic (exact) mass is 405 g/mol. The molecule has 0 fully saturated rings. The maximum absolute atomic E-state index is 12.6. The summed E-state index contributed by atoms with van der Waals surface area (Å²) >= 11 is 6.21. The maximum Gasteiger partial charge on any atom is 0.251 e. The maximum atomic E-state index is 12.6. The Bertz CT molecular complexity index is 1020. The number of carbonyl (C=O) groups is 1. The number of amides is 1. The second-order valence-electron chi connectivity index (χ2n) is 6.63. The molecule has 0 spiro atoms. The standard InChI is InChI=1S/C23H20ClN3O2/c24-21-7-4-14-25-22(21)27-15-12-17(13-16-27)23(28)26-18-8-10-20(11-9-18)29-19-5-2-1-3-6-19/h1-12,14H,13,15-16H2,(H,26,28). The van der Waals surface area contributed by atoms with Crippen LogP contribution in [0.25, 0.3) is 0 Å². The Labute approximate surface area is 174 Å². The number of rotatable bonds is 5. The van der Waals surface area contributed by atoms with Gasteiger partial charge in [0.15, 0.2) is 0 Å². The highest BCUT2D eigenvalue weighted by molar-refractivity contribution is 6.32. The lowest BCUT2D eigenvalue weighted by Gasteiger charge is -2.27. The highest BCUT2D eigenvalue weighted by atomic mass is 35.5. The quantitative estimate of drug-likeness (QED) is 0.625. The minimum absolute atomic E-state index is 0.0894. The minimum Gasteiger partial charge on any atom is -0.457 e. The first-order chi connectivity index (χ1) is 14.2. The number of para-hydroxylation sites is 1. The van der Waals surface area contributed by atoms with Gasteiger partial charge >= 0.3 is 0 Å². The van der Waals surface area contributed by atoms with Crippen molar-refractivity contribution >= 4 is 29.0 Å². The van der Waals surface area contributed by atoms with Crippen LogP contribution in [0.4, 0.5) is 11.5 Å². The molecule has 1 amide bonds. The van der Waals surface area contributed by atoms with Gasteiger partial charge in [-0.1, -0.05) is 35.9 Å². The van der Waals surface area contributed by atoms with Crippen LogP contribution in [0.2, 0.25) is 5.02 Å². The SMILES string of the molecule is O=C(Nc1ccc(Oc2ccccc2)cc1)C1=CCN(c2ncccc2Cl)CC1. The molecule has 0 bridgehead atoms. The molecule has 1 aliphatic rings. The van der Waals surface area contributed by atoms with Crippen molar-refractivity contribution in [1.29, 1.82) is 0 Å². The lowest BCUT2D eigenvalue weighted by atomic mass is 10.1. The van der Waals surface area contributed by atoms with E-state index in [1.165, 1.54) is 0 Å². The highest BCUT2D eigenvalue weighted by Crippen LogP contribution is 2.26. The van der Waals surface area contributed by atoms with Crippen LogP contribution in [0.3, 0.4) is 0 Å². The number of ether oxygens (including phenoxy) is 1. The normalized spacial score (nSPS) is 13.6. The van der Waals surface area contributed by atoms with E-state index in [0.717, 1.165) is 22.8 Å². The van der Waals surface area contributed by atoms with Crippen LogP contribution in [0.5, 0.6) is 11.5 Å². The summed E-state index contributed by atoms with van der Waals surface area (Å²) in [5.41, 5.74) is 1.49. The number of nitrogens with zero attached hydrogens (tertiary/aromatic N) is 2. The van der Waals surface area contributed by atoms with E-state index in [0.29, 0.717) is 30.3 Å². The molecule has 3 aromatic rings. The number of anilines is 2. The van der Waals surface area contributed by atoms with Crippen molar-refractivity contribution in [2.75, 3.05) is 23.3 Å². The average Bonchev–Trinajstić information content (AvgIpc) is 2.76. The molecular weight excluding hydrogens is 386 g/mol. The number of carbonyl (C=O) groups excluding carboxylic acids is 1. The third-order valence-electron chi connectivity index (χ3n) is 4.63. The van der Waals surface area contributed by atoms with Gasteiger partial charge in [0.1, 0.15) is 17.3 Å². The second kappa shape index (κ2) is 8.80. The average molecular weight is 406 g/mol. The largest absolute Gasteiger partial charge is 0.457 e. The first-order valence-corrected chi connectivity index (χ1v) is 9.76. The molecule has 4 rings (SSSR count). The van der Waals surface area contributed by atoms with E-state index in [-0.39, 0.29) is 5.91 Å². The van der Waals surface area contributed by atoms with Gasteiger partial charge in [-0.3, -0.25) is 4.79 Å². The predicted molar refractivity (Wildman–Crippen MR) is 116 cm³/mol. The molecule has 0 unspecified atom stereocenters. The third-order valence-corrected chi connectivity index (χ3v) is 4.93. The number of pyridine rings is 1.